The lowest BCUT2D eigenvalue weighted by Gasteiger charge is -2.11. The van der Waals surface area contributed by atoms with Crippen molar-refractivity contribution in [2.75, 3.05) is 5.73 Å². The molecule has 0 amide bonds. The highest BCUT2D eigenvalue weighted by atomic mass is 19.4. The van der Waals surface area contributed by atoms with E-state index in [-0.39, 0.29) is 5.56 Å². The van der Waals surface area contributed by atoms with Crippen LogP contribution in [-0.4, -0.2) is 4.98 Å². The molecule has 0 aliphatic heterocycles. The molecule has 1 heterocycles. The first-order valence-electron chi connectivity index (χ1n) is 4.84. The van der Waals surface area contributed by atoms with Gasteiger partial charge in [-0.15, -0.1) is 0 Å². The van der Waals surface area contributed by atoms with Gasteiger partial charge in [0, 0.05) is 5.69 Å². The summed E-state index contributed by atoms with van der Waals surface area (Å²) in [5, 5.41) is -0.430. The molecule has 0 saturated carbocycles. The lowest BCUT2D eigenvalue weighted by atomic mass is 10.1. The van der Waals surface area contributed by atoms with E-state index in [4.69, 9.17) is 5.73 Å². The Balaban J connectivity index is 2.91. The Hall–Kier alpha value is -1.92. The SMILES string of the molecule is Cc1cc(F)c2nc(C(F)(F)F)cc(N)c2c1F. The van der Waals surface area contributed by atoms with E-state index < -0.39 is 40.1 Å². The number of hydrogen-bond donors (Lipinski definition) is 1. The summed E-state index contributed by atoms with van der Waals surface area (Å²) in [6, 6.07) is 1.27. The Labute approximate surface area is 98.2 Å². The fourth-order valence-corrected chi connectivity index (χ4v) is 1.63. The van der Waals surface area contributed by atoms with Gasteiger partial charge >= 0.3 is 6.18 Å². The van der Waals surface area contributed by atoms with E-state index in [1.165, 1.54) is 6.92 Å². The molecule has 0 bridgehead atoms. The zero-order valence-electron chi connectivity index (χ0n) is 9.07. The maximum atomic E-state index is 13.7. The zero-order chi connectivity index (χ0) is 13.7. The van der Waals surface area contributed by atoms with Gasteiger partial charge in [0.15, 0.2) is 0 Å². The van der Waals surface area contributed by atoms with Crippen molar-refractivity contribution in [2.24, 2.45) is 0 Å². The van der Waals surface area contributed by atoms with Crippen LogP contribution in [0.15, 0.2) is 12.1 Å². The van der Waals surface area contributed by atoms with E-state index in [0.29, 0.717) is 6.07 Å². The summed E-state index contributed by atoms with van der Waals surface area (Å²) < 4.78 is 64.6. The topological polar surface area (TPSA) is 38.9 Å². The first-order valence-corrected chi connectivity index (χ1v) is 4.84. The number of hydrogen-bond acceptors (Lipinski definition) is 2. The van der Waals surface area contributed by atoms with E-state index in [1.807, 2.05) is 0 Å². The molecule has 0 radical (unpaired) electrons. The fourth-order valence-electron chi connectivity index (χ4n) is 1.63. The van der Waals surface area contributed by atoms with Crippen molar-refractivity contribution in [3.05, 3.63) is 35.0 Å². The first-order chi connectivity index (χ1) is 8.21. The molecule has 0 unspecified atom stereocenters. The Bertz CT molecular complexity index is 634. The highest BCUT2D eigenvalue weighted by Gasteiger charge is 2.34. The van der Waals surface area contributed by atoms with Gasteiger partial charge in [-0.1, -0.05) is 0 Å². The van der Waals surface area contributed by atoms with E-state index >= 15 is 0 Å². The highest BCUT2D eigenvalue weighted by molar-refractivity contribution is 5.91. The van der Waals surface area contributed by atoms with Gasteiger partial charge in [0.1, 0.15) is 22.8 Å². The molecule has 7 heteroatoms. The minimum atomic E-state index is -4.77. The van der Waals surface area contributed by atoms with Crippen LogP contribution >= 0.6 is 0 Å². The van der Waals surface area contributed by atoms with Crippen molar-refractivity contribution in [3.8, 4) is 0 Å². The van der Waals surface area contributed by atoms with Crippen molar-refractivity contribution in [1.29, 1.82) is 0 Å². The number of nitrogens with two attached hydrogens (primary N) is 1. The summed E-state index contributed by atoms with van der Waals surface area (Å²) in [5.41, 5.74) is 2.74. The second-order valence-corrected chi connectivity index (χ2v) is 3.81. The summed E-state index contributed by atoms with van der Waals surface area (Å²) in [6.45, 7) is 1.29. The highest BCUT2D eigenvalue weighted by Crippen LogP contribution is 2.34. The number of benzene rings is 1. The van der Waals surface area contributed by atoms with Crippen molar-refractivity contribution in [1.82, 2.24) is 4.98 Å². The Kier molecular flexibility index (Phi) is 2.64. The number of aryl methyl sites for hydroxylation is 1. The molecule has 2 N–H and O–H groups in total. The lowest BCUT2D eigenvalue weighted by Crippen LogP contribution is -2.10. The number of anilines is 1. The number of aromatic nitrogens is 1. The second kappa shape index (κ2) is 3.79. The number of nitrogens with zero attached hydrogens (tertiary/aromatic N) is 1. The van der Waals surface area contributed by atoms with Crippen LogP contribution in [0, 0.1) is 18.6 Å². The summed E-state index contributed by atoms with van der Waals surface area (Å²) in [7, 11) is 0. The van der Waals surface area contributed by atoms with Crippen LogP contribution in [0.2, 0.25) is 0 Å². The average molecular weight is 262 g/mol. The van der Waals surface area contributed by atoms with Gasteiger partial charge in [0.25, 0.3) is 0 Å². The third-order valence-corrected chi connectivity index (χ3v) is 2.48. The second-order valence-electron chi connectivity index (χ2n) is 3.81. The van der Waals surface area contributed by atoms with E-state index in [0.717, 1.165) is 6.07 Å². The van der Waals surface area contributed by atoms with Gasteiger partial charge in [-0.25, -0.2) is 13.8 Å². The van der Waals surface area contributed by atoms with E-state index in [9.17, 15) is 22.0 Å². The molecular formula is C11H7F5N2. The zero-order valence-corrected chi connectivity index (χ0v) is 9.07. The monoisotopic (exact) mass is 262 g/mol. The smallest absolute Gasteiger partial charge is 0.398 e. The maximum Gasteiger partial charge on any atom is 0.433 e. The normalized spacial score (nSPS) is 12.1. The molecule has 0 spiro atoms. The summed E-state index contributed by atoms with van der Waals surface area (Å²) in [5.74, 6) is -1.91. The van der Waals surface area contributed by atoms with Crippen LogP contribution in [-0.2, 0) is 6.18 Å². The van der Waals surface area contributed by atoms with Crippen molar-refractivity contribution < 1.29 is 22.0 Å². The average Bonchev–Trinajstić information content (AvgIpc) is 2.24. The molecule has 96 valence electrons. The van der Waals surface area contributed by atoms with Crippen LogP contribution in [0.4, 0.5) is 27.6 Å². The van der Waals surface area contributed by atoms with Gasteiger partial charge in [-0.2, -0.15) is 13.2 Å². The molecule has 0 saturated heterocycles. The maximum absolute atomic E-state index is 13.7. The van der Waals surface area contributed by atoms with Crippen molar-refractivity contribution >= 4 is 16.6 Å². The molecule has 0 atom stereocenters. The summed E-state index contributed by atoms with van der Waals surface area (Å²) in [4.78, 5) is 3.09. The Morgan fingerprint density at radius 3 is 2.33 bits per heavy atom. The number of rotatable bonds is 0. The molecular weight excluding hydrogens is 255 g/mol. The number of nitrogen functional groups attached to an aromatic ring is 1. The molecule has 0 aliphatic rings. The number of alkyl halides is 3. The fraction of sp³-hybridized carbons (Fsp3) is 0.182. The van der Waals surface area contributed by atoms with Gasteiger partial charge < -0.3 is 5.73 Å². The first kappa shape index (κ1) is 12.5. The van der Waals surface area contributed by atoms with Crippen LogP contribution < -0.4 is 5.73 Å². The number of halogens is 5. The van der Waals surface area contributed by atoms with Crippen LogP contribution in [0.5, 0.6) is 0 Å². The van der Waals surface area contributed by atoms with Crippen LogP contribution in [0.3, 0.4) is 0 Å². The molecule has 0 fully saturated rings. The minimum absolute atomic E-state index is 0.0479. The standard InChI is InChI=1S/C11H7F5N2/c1-4-2-5(12)10-8(9(4)13)6(17)3-7(18-10)11(14,15)16/h2-3H,1H3,(H2,17,18). The number of pyridine rings is 1. The van der Waals surface area contributed by atoms with Gasteiger partial charge in [-0.05, 0) is 24.6 Å². The quantitative estimate of drug-likeness (QED) is 0.739. The van der Waals surface area contributed by atoms with Gasteiger partial charge in [-0.3, -0.25) is 0 Å². The van der Waals surface area contributed by atoms with Crippen molar-refractivity contribution in [3.63, 3.8) is 0 Å². The molecule has 1 aromatic heterocycles. The molecule has 1 aromatic carbocycles. The molecule has 2 aromatic rings. The predicted octanol–water partition coefficient (Wildman–Crippen LogP) is 3.42. The Morgan fingerprint density at radius 1 is 1.17 bits per heavy atom. The van der Waals surface area contributed by atoms with Crippen LogP contribution in [0.25, 0.3) is 10.9 Å². The molecule has 0 aliphatic carbocycles. The molecule has 18 heavy (non-hydrogen) atoms. The van der Waals surface area contributed by atoms with Gasteiger partial charge in [0.05, 0.1) is 5.39 Å². The van der Waals surface area contributed by atoms with Gasteiger partial charge in [0.2, 0.25) is 0 Å². The number of fused-ring (bicyclic) bond motifs is 1. The van der Waals surface area contributed by atoms with E-state index in [1.54, 1.807) is 0 Å². The predicted molar refractivity (Wildman–Crippen MR) is 55.8 cm³/mol. The third kappa shape index (κ3) is 1.85. The minimum Gasteiger partial charge on any atom is -0.398 e. The largest absolute Gasteiger partial charge is 0.433 e. The Morgan fingerprint density at radius 2 is 1.78 bits per heavy atom. The van der Waals surface area contributed by atoms with E-state index in [2.05, 4.69) is 4.98 Å². The molecule has 2 rings (SSSR count). The lowest BCUT2D eigenvalue weighted by molar-refractivity contribution is -0.140. The molecule has 2 nitrogen and oxygen atoms in total. The van der Waals surface area contributed by atoms with Crippen molar-refractivity contribution in [2.45, 2.75) is 13.1 Å². The summed E-state index contributed by atoms with van der Waals surface area (Å²) >= 11 is 0. The van der Waals surface area contributed by atoms with Crippen LogP contribution in [0.1, 0.15) is 11.3 Å². The summed E-state index contributed by atoms with van der Waals surface area (Å²) in [6.07, 6.45) is -4.77. The third-order valence-electron chi connectivity index (χ3n) is 2.48.